The Kier molecular flexibility index (Phi) is 3.96. The molecule has 0 aliphatic carbocycles. The number of aromatic amines is 1. The van der Waals surface area contributed by atoms with Crippen LogP contribution in [0.3, 0.4) is 0 Å². The Balaban J connectivity index is 1.49. The van der Waals surface area contributed by atoms with E-state index in [1.807, 2.05) is 6.92 Å². The molecule has 0 radical (unpaired) electrons. The average molecular weight is 342 g/mol. The zero-order valence-corrected chi connectivity index (χ0v) is 13.7. The number of amides is 2. The molecule has 1 saturated heterocycles. The largest absolute Gasteiger partial charge is 0.469 e. The number of anilines is 1. The van der Waals surface area contributed by atoms with Crippen LogP contribution in [-0.4, -0.2) is 37.8 Å². The molecule has 3 aromatic rings. The first-order chi connectivity index (χ1) is 12.2. The van der Waals surface area contributed by atoms with Crippen LogP contribution in [0, 0.1) is 6.92 Å². The third kappa shape index (κ3) is 3.00. The molecule has 0 aromatic carbocycles. The van der Waals surface area contributed by atoms with E-state index in [0.29, 0.717) is 23.9 Å². The number of H-pyrrole nitrogens is 1. The number of piperidine rings is 1. The van der Waals surface area contributed by atoms with Gasteiger partial charge in [0.2, 0.25) is 0 Å². The van der Waals surface area contributed by atoms with E-state index < -0.39 is 0 Å². The fourth-order valence-corrected chi connectivity index (χ4v) is 3.12. The Labute approximate surface area is 143 Å². The molecule has 1 aliphatic rings. The quantitative estimate of drug-likeness (QED) is 0.756. The van der Waals surface area contributed by atoms with Crippen molar-refractivity contribution in [3.05, 3.63) is 36.3 Å². The van der Waals surface area contributed by atoms with E-state index in [-0.39, 0.29) is 12.1 Å². The highest BCUT2D eigenvalue weighted by molar-refractivity contribution is 5.89. The highest BCUT2D eigenvalue weighted by Crippen LogP contribution is 2.30. The van der Waals surface area contributed by atoms with Crippen molar-refractivity contribution in [2.24, 2.45) is 0 Å². The van der Waals surface area contributed by atoms with Crippen LogP contribution in [0.4, 0.5) is 10.6 Å². The molecule has 1 atom stereocenters. The minimum Gasteiger partial charge on any atom is -0.469 e. The van der Waals surface area contributed by atoms with Crippen LogP contribution in [0.2, 0.25) is 0 Å². The average Bonchev–Trinajstić information content (AvgIpc) is 3.36. The summed E-state index contributed by atoms with van der Waals surface area (Å²) in [6.07, 6.45) is 5.89. The number of carbonyl (C=O) groups excluding carboxylic acids is 1. The third-order valence-electron chi connectivity index (χ3n) is 4.38. The van der Waals surface area contributed by atoms with E-state index in [0.717, 1.165) is 30.6 Å². The Morgan fingerprint density at radius 3 is 3.12 bits per heavy atom. The molecular formula is C16H18N6O3. The first-order valence-electron chi connectivity index (χ1n) is 8.16. The van der Waals surface area contributed by atoms with Gasteiger partial charge in [-0.2, -0.15) is 5.10 Å². The van der Waals surface area contributed by atoms with Gasteiger partial charge in [0.05, 0.1) is 17.9 Å². The number of hydrogen-bond acceptors (Lipinski definition) is 6. The van der Waals surface area contributed by atoms with Crippen LogP contribution in [-0.2, 0) is 0 Å². The summed E-state index contributed by atoms with van der Waals surface area (Å²) in [5.74, 6) is 2.34. The molecule has 9 heteroatoms. The maximum atomic E-state index is 12.7. The van der Waals surface area contributed by atoms with Crippen molar-refractivity contribution in [1.29, 1.82) is 0 Å². The molecule has 2 amide bonds. The van der Waals surface area contributed by atoms with E-state index >= 15 is 0 Å². The maximum absolute atomic E-state index is 12.7. The van der Waals surface area contributed by atoms with Crippen molar-refractivity contribution in [2.45, 2.75) is 32.2 Å². The van der Waals surface area contributed by atoms with Crippen molar-refractivity contribution in [2.75, 3.05) is 11.9 Å². The van der Waals surface area contributed by atoms with Gasteiger partial charge < -0.3 is 13.8 Å². The zero-order valence-electron chi connectivity index (χ0n) is 13.7. The Bertz CT molecular complexity index is 853. The summed E-state index contributed by atoms with van der Waals surface area (Å²) >= 11 is 0. The van der Waals surface area contributed by atoms with Crippen molar-refractivity contribution in [3.8, 4) is 11.3 Å². The van der Waals surface area contributed by atoms with Gasteiger partial charge in [-0.05, 0) is 32.3 Å². The smallest absolute Gasteiger partial charge is 0.323 e. The number of likely N-dealkylation sites (tertiary alicyclic amines) is 1. The number of rotatable bonds is 3. The highest BCUT2D eigenvalue weighted by atomic mass is 16.5. The van der Waals surface area contributed by atoms with Gasteiger partial charge in [-0.25, -0.2) is 9.78 Å². The second-order valence-electron chi connectivity index (χ2n) is 5.97. The molecule has 4 rings (SSSR count). The first-order valence-corrected chi connectivity index (χ1v) is 8.16. The van der Waals surface area contributed by atoms with Crippen molar-refractivity contribution < 1.29 is 13.7 Å². The molecule has 0 unspecified atom stereocenters. The van der Waals surface area contributed by atoms with Crippen molar-refractivity contribution in [3.63, 3.8) is 0 Å². The number of furan rings is 1. The lowest BCUT2D eigenvalue weighted by molar-refractivity contribution is 0.159. The summed E-state index contributed by atoms with van der Waals surface area (Å²) in [6, 6.07) is 3.14. The monoisotopic (exact) mass is 342 g/mol. The van der Waals surface area contributed by atoms with Gasteiger partial charge in [0.15, 0.2) is 11.6 Å². The van der Waals surface area contributed by atoms with E-state index in [9.17, 15) is 4.79 Å². The second kappa shape index (κ2) is 6.42. The molecule has 4 heterocycles. The lowest BCUT2D eigenvalue weighted by Crippen LogP contribution is -2.41. The minimum atomic E-state index is -0.232. The molecule has 0 spiro atoms. The maximum Gasteiger partial charge on any atom is 0.323 e. The predicted octanol–water partition coefficient (Wildman–Crippen LogP) is 3.12. The SMILES string of the molecule is Cc1occc1-c1cc(NC(=O)N2CCCC[C@@H]2c2ncn[nH]2)no1. The number of carbonyl (C=O) groups is 1. The highest BCUT2D eigenvalue weighted by Gasteiger charge is 2.30. The van der Waals surface area contributed by atoms with Gasteiger partial charge in [0.1, 0.15) is 17.9 Å². The van der Waals surface area contributed by atoms with Crippen LogP contribution in [0.15, 0.2) is 33.7 Å². The molecule has 130 valence electrons. The topological polar surface area (TPSA) is 113 Å². The van der Waals surface area contributed by atoms with Crippen LogP contribution in [0.1, 0.15) is 36.9 Å². The Hall–Kier alpha value is -3.10. The van der Waals surface area contributed by atoms with Gasteiger partial charge >= 0.3 is 6.03 Å². The van der Waals surface area contributed by atoms with Crippen LogP contribution in [0.25, 0.3) is 11.3 Å². The number of aromatic nitrogens is 4. The summed E-state index contributed by atoms with van der Waals surface area (Å²) in [5.41, 5.74) is 0.811. The zero-order chi connectivity index (χ0) is 17.2. The summed E-state index contributed by atoms with van der Waals surface area (Å²) in [4.78, 5) is 18.6. The number of urea groups is 1. The van der Waals surface area contributed by atoms with Gasteiger partial charge in [0.25, 0.3) is 0 Å². The summed E-state index contributed by atoms with van der Waals surface area (Å²) in [6.45, 7) is 2.49. The molecule has 1 aliphatic heterocycles. The molecule has 2 N–H and O–H groups in total. The Morgan fingerprint density at radius 1 is 1.44 bits per heavy atom. The van der Waals surface area contributed by atoms with E-state index in [4.69, 9.17) is 8.94 Å². The molecule has 0 saturated carbocycles. The molecular weight excluding hydrogens is 324 g/mol. The number of nitrogens with zero attached hydrogens (tertiary/aromatic N) is 4. The van der Waals surface area contributed by atoms with Crippen molar-refractivity contribution in [1.82, 2.24) is 25.2 Å². The normalized spacial score (nSPS) is 17.6. The standard InChI is InChI=1S/C16H18N6O3/c1-10-11(5-7-24-10)13-8-14(21-25-13)19-16(23)22-6-3-2-4-12(22)15-17-9-18-20-15/h5,7-9,12H,2-4,6H2,1H3,(H,17,18,20)(H,19,21,23)/t12-/m1/s1. The Morgan fingerprint density at radius 2 is 2.36 bits per heavy atom. The van der Waals surface area contributed by atoms with Crippen LogP contribution < -0.4 is 5.32 Å². The van der Waals surface area contributed by atoms with Crippen LogP contribution >= 0.6 is 0 Å². The fraction of sp³-hybridized carbons (Fsp3) is 0.375. The van der Waals surface area contributed by atoms with E-state index in [2.05, 4.69) is 25.7 Å². The van der Waals surface area contributed by atoms with E-state index in [1.54, 1.807) is 23.3 Å². The van der Waals surface area contributed by atoms with Crippen LogP contribution in [0.5, 0.6) is 0 Å². The number of hydrogen-bond donors (Lipinski definition) is 2. The summed E-state index contributed by atoms with van der Waals surface area (Å²) in [7, 11) is 0. The fourth-order valence-electron chi connectivity index (χ4n) is 3.12. The van der Waals surface area contributed by atoms with Crippen molar-refractivity contribution >= 4 is 11.8 Å². The molecule has 25 heavy (non-hydrogen) atoms. The minimum absolute atomic E-state index is 0.112. The third-order valence-corrected chi connectivity index (χ3v) is 4.38. The summed E-state index contributed by atoms with van der Waals surface area (Å²) < 4.78 is 10.6. The number of nitrogens with one attached hydrogen (secondary N) is 2. The number of aryl methyl sites for hydroxylation is 1. The van der Waals surface area contributed by atoms with Gasteiger partial charge in [0, 0.05) is 12.6 Å². The second-order valence-corrected chi connectivity index (χ2v) is 5.97. The molecule has 9 nitrogen and oxygen atoms in total. The van der Waals surface area contributed by atoms with Gasteiger partial charge in [-0.1, -0.05) is 5.16 Å². The summed E-state index contributed by atoms with van der Waals surface area (Å²) in [5, 5.41) is 13.5. The molecule has 1 fully saturated rings. The molecule has 3 aromatic heterocycles. The lowest BCUT2D eigenvalue weighted by Gasteiger charge is -2.33. The van der Waals surface area contributed by atoms with Gasteiger partial charge in [-0.15, -0.1) is 0 Å². The first kappa shape index (κ1) is 15.4. The van der Waals surface area contributed by atoms with E-state index in [1.165, 1.54) is 6.33 Å². The van der Waals surface area contributed by atoms with Gasteiger partial charge in [-0.3, -0.25) is 10.4 Å². The molecule has 0 bridgehead atoms. The lowest BCUT2D eigenvalue weighted by atomic mass is 10.0. The predicted molar refractivity (Wildman–Crippen MR) is 87.6 cm³/mol.